The summed E-state index contributed by atoms with van der Waals surface area (Å²) in [7, 11) is 0. The molecule has 2 fully saturated rings. The zero-order valence-corrected chi connectivity index (χ0v) is 20.1. The smallest absolute Gasteiger partial charge is 0.251 e. The van der Waals surface area contributed by atoms with Gasteiger partial charge in [0.1, 0.15) is 0 Å². The molecular formula is C27H25Cl2N3O2. The Bertz CT molecular complexity index is 1120. The van der Waals surface area contributed by atoms with Crippen LogP contribution in [0.15, 0.2) is 78.9 Å². The summed E-state index contributed by atoms with van der Waals surface area (Å²) < 4.78 is 0. The molecule has 0 N–H and O–H groups in total. The van der Waals surface area contributed by atoms with Gasteiger partial charge in [-0.05, 0) is 29.3 Å². The van der Waals surface area contributed by atoms with E-state index >= 15 is 0 Å². The third-order valence-corrected chi connectivity index (χ3v) is 7.05. The van der Waals surface area contributed by atoms with Crippen LogP contribution in [0, 0.1) is 0 Å². The molecule has 2 amide bonds. The number of nitrogens with zero attached hydrogens (tertiary/aromatic N) is 3. The van der Waals surface area contributed by atoms with Crippen molar-refractivity contribution in [2.75, 3.05) is 31.1 Å². The number of amides is 2. The minimum Gasteiger partial charge on any atom is -0.290 e. The SMILES string of the molecule is O=C1C[C@@H](N2CCN(C(c3ccccc3)c3ccccc3)CC2)C(=O)N1c1cc(Cl)cc(Cl)c1. The van der Waals surface area contributed by atoms with Gasteiger partial charge in [-0.25, -0.2) is 4.90 Å². The molecule has 5 rings (SSSR count). The molecule has 0 radical (unpaired) electrons. The van der Waals surface area contributed by atoms with Crippen molar-refractivity contribution >= 4 is 40.7 Å². The molecule has 1 atom stereocenters. The lowest BCUT2D eigenvalue weighted by molar-refractivity contribution is -0.123. The normalized spacial score (nSPS) is 19.9. The van der Waals surface area contributed by atoms with Gasteiger partial charge < -0.3 is 0 Å². The number of piperazine rings is 1. The number of carbonyl (C=O) groups is 2. The minimum absolute atomic E-state index is 0.149. The van der Waals surface area contributed by atoms with Crippen molar-refractivity contribution in [2.24, 2.45) is 0 Å². The fourth-order valence-corrected chi connectivity index (χ4v) is 5.55. The van der Waals surface area contributed by atoms with E-state index in [0.29, 0.717) is 28.8 Å². The molecule has 5 nitrogen and oxygen atoms in total. The summed E-state index contributed by atoms with van der Waals surface area (Å²) in [4.78, 5) is 31.9. The topological polar surface area (TPSA) is 43.9 Å². The minimum atomic E-state index is -0.459. The molecular weight excluding hydrogens is 469 g/mol. The molecule has 0 bridgehead atoms. The zero-order chi connectivity index (χ0) is 23.7. The summed E-state index contributed by atoms with van der Waals surface area (Å²) in [6, 6.07) is 25.5. The van der Waals surface area contributed by atoms with Crippen LogP contribution in [0.4, 0.5) is 5.69 Å². The van der Waals surface area contributed by atoms with E-state index in [9.17, 15) is 9.59 Å². The van der Waals surface area contributed by atoms with E-state index in [2.05, 4.69) is 58.3 Å². The van der Waals surface area contributed by atoms with Crippen molar-refractivity contribution in [2.45, 2.75) is 18.5 Å². The summed E-state index contributed by atoms with van der Waals surface area (Å²) in [5.74, 6) is -0.429. The predicted molar refractivity (Wildman–Crippen MR) is 135 cm³/mol. The second kappa shape index (κ2) is 9.88. The summed E-state index contributed by atoms with van der Waals surface area (Å²) in [5, 5.41) is 0.793. The molecule has 2 aliphatic rings. The Morgan fingerprint density at radius 2 is 1.26 bits per heavy atom. The van der Waals surface area contributed by atoms with E-state index < -0.39 is 6.04 Å². The highest BCUT2D eigenvalue weighted by Crippen LogP contribution is 2.33. The standard InChI is InChI=1S/C27H25Cl2N3O2/c28-21-15-22(29)17-23(16-21)32-25(33)18-24(27(32)34)30-11-13-31(14-12-30)26(19-7-3-1-4-8-19)20-9-5-2-6-10-20/h1-10,15-17,24,26H,11-14,18H2/t24-/m1/s1. The fraction of sp³-hybridized carbons (Fsp3) is 0.259. The van der Waals surface area contributed by atoms with Crippen molar-refractivity contribution in [1.29, 1.82) is 0 Å². The zero-order valence-electron chi connectivity index (χ0n) is 18.6. The Morgan fingerprint density at radius 3 is 1.79 bits per heavy atom. The van der Waals surface area contributed by atoms with Crippen LogP contribution >= 0.6 is 23.2 Å². The first-order chi connectivity index (χ1) is 16.5. The van der Waals surface area contributed by atoms with Crippen LogP contribution in [0.1, 0.15) is 23.6 Å². The van der Waals surface area contributed by atoms with Crippen molar-refractivity contribution in [3.05, 3.63) is 100 Å². The first-order valence-corrected chi connectivity index (χ1v) is 12.2. The van der Waals surface area contributed by atoms with Gasteiger partial charge >= 0.3 is 0 Å². The van der Waals surface area contributed by atoms with Crippen molar-refractivity contribution < 1.29 is 9.59 Å². The third-order valence-electron chi connectivity index (χ3n) is 6.61. The molecule has 0 unspecified atom stereocenters. The average Bonchev–Trinajstić information content (AvgIpc) is 3.14. The lowest BCUT2D eigenvalue weighted by Crippen LogP contribution is -2.53. The summed E-state index contributed by atoms with van der Waals surface area (Å²) in [6.07, 6.45) is 0.170. The molecule has 0 saturated carbocycles. The molecule has 0 spiro atoms. The van der Waals surface area contributed by atoms with Crippen LogP contribution in [0.5, 0.6) is 0 Å². The van der Waals surface area contributed by atoms with Gasteiger partial charge in [-0.15, -0.1) is 0 Å². The van der Waals surface area contributed by atoms with Crippen LogP contribution in [0.3, 0.4) is 0 Å². The number of rotatable bonds is 5. The number of hydrogen-bond donors (Lipinski definition) is 0. The van der Waals surface area contributed by atoms with Gasteiger partial charge in [0.05, 0.1) is 24.2 Å². The number of halogens is 2. The van der Waals surface area contributed by atoms with E-state index in [1.54, 1.807) is 18.2 Å². The molecule has 3 aromatic rings. The first kappa shape index (κ1) is 23.1. The van der Waals surface area contributed by atoms with Gasteiger partial charge in [-0.3, -0.25) is 19.4 Å². The Hall–Kier alpha value is -2.70. The monoisotopic (exact) mass is 493 g/mol. The van der Waals surface area contributed by atoms with Crippen molar-refractivity contribution in [1.82, 2.24) is 9.80 Å². The van der Waals surface area contributed by atoms with E-state index in [0.717, 1.165) is 13.1 Å². The van der Waals surface area contributed by atoms with Gasteiger partial charge in [0.15, 0.2) is 0 Å². The third kappa shape index (κ3) is 4.62. The van der Waals surface area contributed by atoms with E-state index in [1.165, 1.54) is 16.0 Å². The molecule has 2 heterocycles. The number of benzene rings is 3. The highest BCUT2D eigenvalue weighted by Gasteiger charge is 2.44. The molecule has 2 aliphatic heterocycles. The maximum atomic E-state index is 13.3. The summed E-state index contributed by atoms with van der Waals surface area (Å²) in [6.45, 7) is 3.03. The van der Waals surface area contributed by atoms with Gasteiger partial charge in [0.2, 0.25) is 5.91 Å². The summed E-state index contributed by atoms with van der Waals surface area (Å²) in [5.41, 5.74) is 2.93. The van der Waals surface area contributed by atoms with Crippen LogP contribution in [-0.2, 0) is 9.59 Å². The maximum absolute atomic E-state index is 13.3. The Balaban J connectivity index is 1.32. The van der Waals surface area contributed by atoms with E-state index in [-0.39, 0.29) is 24.3 Å². The Morgan fingerprint density at radius 1 is 0.735 bits per heavy atom. The number of imide groups is 1. The lowest BCUT2D eigenvalue weighted by Gasteiger charge is -2.41. The fourth-order valence-electron chi connectivity index (χ4n) is 5.03. The molecule has 34 heavy (non-hydrogen) atoms. The second-order valence-electron chi connectivity index (χ2n) is 8.71. The molecule has 0 aliphatic carbocycles. The van der Waals surface area contributed by atoms with Gasteiger partial charge in [0.25, 0.3) is 5.91 Å². The summed E-state index contributed by atoms with van der Waals surface area (Å²) >= 11 is 12.2. The van der Waals surface area contributed by atoms with Crippen LogP contribution in [0.25, 0.3) is 0 Å². The Labute approximate surface area is 209 Å². The number of hydrogen-bond acceptors (Lipinski definition) is 4. The molecule has 7 heteroatoms. The quantitative estimate of drug-likeness (QED) is 0.467. The average molecular weight is 494 g/mol. The second-order valence-corrected chi connectivity index (χ2v) is 9.58. The number of anilines is 1. The van der Waals surface area contributed by atoms with Crippen LogP contribution < -0.4 is 4.90 Å². The Kier molecular flexibility index (Phi) is 6.70. The first-order valence-electron chi connectivity index (χ1n) is 11.4. The molecule has 3 aromatic carbocycles. The van der Waals surface area contributed by atoms with Gasteiger partial charge in [-0.2, -0.15) is 0 Å². The van der Waals surface area contributed by atoms with Crippen LogP contribution in [0.2, 0.25) is 10.0 Å². The lowest BCUT2D eigenvalue weighted by atomic mass is 9.96. The van der Waals surface area contributed by atoms with E-state index in [4.69, 9.17) is 23.2 Å². The van der Waals surface area contributed by atoms with Crippen LogP contribution in [-0.4, -0.2) is 53.8 Å². The highest BCUT2D eigenvalue weighted by molar-refractivity contribution is 6.35. The van der Waals surface area contributed by atoms with Crippen molar-refractivity contribution in [3.8, 4) is 0 Å². The maximum Gasteiger partial charge on any atom is 0.251 e. The predicted octanol–water partition coefficient (Wildman–Crippen LogP) is 5.03. The van der Waals surface area contributed by atoms with Gasteiger partial charge in [0, 0.05) is 36.2 Å². The molecule has 2 saturated heterocycles. The number of carbonyl (C=O) groups excluding carboxylic acids is 2. The molecule has 0 aromatic heterocycles. The van der Waals surface area contributed by atoms with E-state index in [1.807, 2.05) is 12.1 Å². The van der Waals surface area contributed by atoms with Crippen molar-refractivity contribution in [3.63, 3.8) is 0 Å². The highest BCUT2D eigenvalue weighted by atomic mass is 35.5. The molecule has 174 valence electrons. The van der Waals surface area contributed by atoms with Gasteiger partial charge in [-0.1, -0.05) is 83.9 Å². The largest absolute Gasteiger partial charge is 0.290 e.